The normalized spacial score (nSPS) is 14.2. The molecule has 152 valence electrons. The molecule has 3 aromatic rings. The largest absolute Gasteiger partial charge is 0.497 e. The van der Waals surface area contributed by atoms with Gasteiger partial charge in [-0.05, 0) is 42.8 Å². The molecular formula is C23H26N2O4. The molecule has 0 atom stereocenters. The van der Waals surface area contributed by atoms with Crippen molar-refractivity contribution in [3.63, 3.8) is 0 Å². The lowest BCUT2D eigenvalue weighted by molar-refractivity contribution is 0.0785. The van der Waals surface area contributed by atoms with Crippen LogP contribution in [0.15, 0.2) is 46.9 Å². The molecule has 0 unspecified atom stereocenters. The molecule has 1 aliphatic heterocycles. The van der Waals surface area contributed by atoms with E-state index in [9.17, 15) is 4.79 Å². The summed E-state index contributed by atoms with van der Waals surface area (Å²) in [6.07, 6.45) is 0. The number of hydrogen-bond acceptors (Lipinski definition) is 5. The number of fused-ring (bicyclic) bond motifs is 1. The van der Waals surface area contributed by atoms with Gasteiger partial charge in [-0.1, -0.05) is 12.1 Å². The molecule has 0 aliphatic carbocycles. The first-order valence-corrected chi connectivity index (χ1v) is 9.81. The third-order valence-corrected chi connectivity index (χ3v) is 5.36. The Kier molecular flexibility index (Phi) is 5.45. The molecule has 1 amide bonds. The Hall–Kier alpha value is -2.99. The highest BCUT2D eigenvalue weighted by atomic mass is 16.5. The number of aryl methyl sites for hydroxylation is 1. The van der Waals surface area contributed by atoms with Crippen LogP contribution in [0.25, 0.3) is 11.0 Å². The minimum Gasteiger partial charge on any atom is -0.497 e. The summed E-state index contributed by atoms with van der Waals surface area (Å²) in [4.78, 5) is 17.2. The molecule has 29 heavy (non-hydrogen) atoms. The number of morpholine rings is 1. The molecule has 0 bridgehead atoms. The summed E-state index contributed by atoms with van der Waals surface area (Å²) in [7, 11) is 3.43. The van der Waals surface area contributed by atoms with Gasteiger partial charge >= 0.3 is 0 Å². The van der Waals surface area contributed by atoms with Crippen LogP contribution in [-0.4, -0.2) is 51.3 Å². The van der Waals surface area contributed by atoms with Gasteiger partial charge < -0.3 is 23.7 Å². The van der Waals surface area contributed by atoms with Crippen LogP contribution in [0, 0.1) is 6.92 Å². The van der Waals surface area contributed by atoms with Crippen LogP contribution in [-0.2, 0) is 11.3 Å². The van der Waals surface area contributed by atoms with Gasteiger partial charge in [0.05, 0.1) is 25.9 Å². The highest BCUT2D eigenvalue weighted by Crippen LogP contribution is 2.30. The van der Waals surface area contributed by atoms with Crippen molar-refractivity contribution in [2.75, 3.05) is 45.4 Å². The summed E-state index contributed by atoms with van der Waals surface area (Å²) >= 11 is 0. The van der Waals surface area contributed by atoms with E-state index in [1.54, 1.807) is 12.0 Å². The summed E-state index contributed by atoms with van der Waals surface area (Å²) in [5.41, 5.74) is 3.55. The second-order valence-electron chi connectivity index (χ2n) is 7.32. The number of benzene rings is 2. The van der Waals surface area contributed by atoms with E-state index in [0.29, 0.717) is 29.2 Å². The van der Waals surface area contributed by atoms with Crippen molar-refractivity contribution < 1.29 is 18.7 Å². The molecular weight excluding hydrogens is 368 g/mol. The van der Waals surface area contributed by atoms with Crippen LogP contribution >= 0.6 is 0 Å². The van der Waals surface area contributed by atoms with Crippen LogP contribution in [0.3, 0.4) is 0 Å². The molecule has 6 heteroatoms. The van der Waals surface area contributed by atoms with Gasteiger partial charge in [0, 0.05) is 37.8 Å². The van der Waals surface area contributed by atoms with Crippen LogP contribution in [0.2, 0.25) is 0 Å². The molecule has 1 aromatic heterocycles. The lowest BCUT2D eigenvalue weighted by atomic mass is 10.1. The molecule has 2 aromatic carbocycles. The van der Waals surface area contributed by atoms with Gasteiger partial charge in [0.2, 0.25) is 0 Å². The molecule has 2 heterocycles. The second kappa shape index (κ2) is 8.17. The van der Waals surface area contributed by atoms with Gasteiger partial charge in [0.15, 0.2) is 0 Å². The fourth-order valence-corrected chi connectivity index (χ4v) is 3.76. The van der Waals surface area contributed by atoms with Crippen LogP contribution in [0.5, 0.6) is 5.75 Å². The van der Waals surface area contributed by atoms with Gasteiger partial charge in [0.1, 0.15) is 17.1 Å². The van der Waals surface area contributed by atoms with Crippen molar-refractivity contribution in [2.24, 2.45) is 0 Å². The van der Waals surface area contributed by atoms with E-state index in [2.05, 4.69) is 29.2 Å². The monoisotopic (exact) mass is 394 g/mol. The predicted octanol–water partition coefficient (Wildman–Crippen LogP) is 3.86. The number of hydrogen-bond donors (Lipinski definition) is 0. The molecule has 1 saturated heterocycles. The van der Waals surface area contributed by atoms with Crippen molar-refractivity contribution >= 4 is 22.6 Å². The van der Waals surface area contributed by atoms with Crippen LogP contribution < -0.4 is 9.64 Å². The van der Waals surface area contributed by atoms with E-state index in [-0.39, 0.29) is 5.91 Å². The molecule has 0 saturated carbocycles. The number of ether oxygens (including phenoxy) is 2. The standard InChI is InChI=1S/C23H26N2O4/c1-16-22(20-14-19(27-3)8-9-21(20)29-16)23(26)24(2)15-17-4-6-18(7-5-17)25-10-12-28-13-11-25/h4-9,14H,10-13,15H2,1-3H3. The first-order valence-electron chi connectivity index (χ1n) is 9.81. The Morgan fingerprint density at radius 1 is 1.14 bits per heavy atom. The Labute approximate surface area is 170 Å². The van der Waals surface area contributed by atoms with Crippen LogP contribution in [0.1, 0.15) is 21.7 Å². The van der Waals surface area contributed by atoms with Gasteiger partial charge in [0.25, 0.3) is 5.91 Å². The van der Waals surface area contributed by atoms with Crippen molar-refractivity contribution in [1.29, 1.82) is 0 Å². The average molecular weight is 394 g/mol. The lowest BCUT2D eigenvalue weighted by Gasteiger charge is -2.29. The molecule has 0 N–H and O–H groups in total. The first kappa shape index (κ1) is 19.3. The fraction of sp³-hybridized carbons (Fsp3) is 0.348. The Morgan fingerprint density at radius 3 is 2.55 bits per heavy atom. The summed E-state index contributed by atoms with van der Waals surface area (Å²) in [6.45, 7) is 5.70. The maximum atomic E-state index is 13.2. The topological polar surface area (TPSA) is 55.2 Å². The van der Waals surface area contributed by atoms with E-state index in [1.807, 2.05) is 32.2 Å². The number of methoxy groups -OCH3 is 1. The number of carbonyl (C=O) groups is 1. The minimum atomic E-state index is -0.0632. The van der Waals surface area contributed by atoms with E-state index >= 15 is 0 Å². The molecule has 1 aliphatic rings. The van der Waals surface area contributed by atoms with E-state index in [4.69, 9.17) is 13.9 Å². The third-order valence-electron chi connectivity index (χ3n) is 5.36. The Morgan fingerprint density at radius 2 is 1.86 bits per heavy atom. The van der Waals surface area contributed by atoms with Crippen molar-refractivity contribution in [3.8, 4) is 5.75 Å². The smallest absolute Gasteiger partial charge is 0.258 e. The maximum absolute atomic E-state index is 13.2. The van der Waals surface area contributed by atoms with Gasteiger partial charge in [-0.15, -0.1) is 0 Å². The Bertz CT molecular complexity index is 1000. The highest BCUT2D eigenvalue weighted by molar-refractivity contribution is 6.07. The van der Waals surface area contributed by atoms with Gasteiger partial charge in [-0.2, -0.15) is 0 Å². The number of carbonyl (C=O) groups excluding carboxylic acids is 1. The summed E-state index contributed by atoms with van der Waals surface area (Å²) in [5, 5.41) is 0.779. The number of rotatable bonds is 5. The molecule has 4 rings (SSSR count). The molecule has 6 nitrogen and oxygen atoms in total. The fourth-order valence-electron chi connectivity index (χ4n) is 3.76. The SMILES string of the molecule is COc1ccc2oc(C)c(C(=O)N(C)Cc3ccc(N4CCOCC4)cc3)c2c1. The predicted molar refractivity (Wildman–Crippen MR) is 113 cm³/mol. The zero-order chi connectivity index (χ0) is 20.4. The minimum absolute atomic E-state index is 0.0632. The summed E-state index contributed by atoms with van der Waals surface area (Å²) < 4.78 is 16.5. The lowest BCUT2D eigenvalue weighted by Crippen LogP contribution is -2.36. The van der Waals surface area contributed by atoms with Crippen molar-refractivity contribution in [2.45, 2.75) is 13.5 Å². The van der Waals surface area contributed by atoms with Crippen LogP contribution in [0.4, 0.5) is 5.69 Å². The van der Waals surface area contributed by atoms with E-state index < -0.39 is 0 Å². The second-order valence-corrected chi connectivity index (χ2v) is 7.32. The average Bonchev–Trinajstić information content (AvgIpc) is 3.09. The zero-order valence-corrected chi connectivity index (χ0v) is 17.1. The highest BCUT2D eigenvalue weighted by Gasteiger charge is 2.22. The number of anilines is 1. The van der Waals surface area contributed by atoms with E-state index in [1.165, 1.54) is 5.69 Å². The number of nitrogens with zero attached hydrogens (tertiary/aromatic N) is 2. The van der Waals surface area contributed by atoms with Crippen molar-refractivity contribution in [1.82, 2.24) is 4.90 Å². The summed E-state index contributed by atoms with van der Waals surface area (Å²) in [6, 6.07) is 13.9. The number of amides is 1. The first-order chi connectivity index (χ1) is 14.1. The zero-order valence-electron chi connectivity index (χ0n) is 17.1. The molecule has 0 radical (unpaired) electrons. The summed E-state index contributed by atoms with van der Waals surface area (Å²) in [5.74, 6) is 1.26. The van der Waals surface area contributed by atoms with Crippen molar-refractivity contribution in [3.05, 3.63) is 59.4 Å². The van der Waals surface area contributed by atoms with Gasteiger partial charge in [-0.25, -0.2) is 0 Å². The van der Waals surface area contributed by atoms with E-state index in [0.717, 1.165) is 37.3 Å². The Balaban J connectivity index is 1.51. The molecule has 1 fully saturated rings. The third kappa shape index (κ3) is 3.93. The number of furan rings is 1. The quantitative estimate of drug-likeness (QED) is 0.658. The van der Waals surface area contributed by atoms with Gasteiger partial charge in [-0.3, -0.25) is 4.79 Å². The molecule has 0 spiro atoms. The maximum Gasteiger partial charge on any atom is 0.258 e.